The van der Waals surface area contributed by atoms with Crippen LogP contribution in [0.1, 0.15) is 0 Å². The third-order valence-corrected chi connectivity index (χ3v) is 1.33. The zero-order valence-corrected chi connectivity index (χ0v) is 6.60. The summed E-state index contributed by atoms with van der Waals surface area (Å²) in [5.41, 5.74) is 0. The summed E-state index contributed by atoms with van der Waals surface area (Å²) in [6.07, 6.45) is 0.781. The highest BCUT2D eigenvalue weighted by Gasteiger charge is 1.86. The van der Waals surface area contributed by atoms with Crippen molar-refractivity contribution < 1.29 is 9.09 Å². The Morgan fingerprint density at radius 2 is 2.43 bits per heavy atom. The van der Waals surface area contributed by atoms with Crippen molar-refractivity contribution in [2.75, 3.05) is 12.8 Å². The Kier molecular flexibility index (Phi) is 5.71. The van der Waals surface area contributed by atoms with Gasteiger partial charge in [-0.25, -0.2) is 0 Å². The largest absolute Gasteiger partial charge is 0.319 e. The minimum atomic E-state index is -2.19. The lowest BCUT2D eigenvalue weighted by Gasteiger charge is -1.90. The Morgan fingerprint density at radius 1 is 1.86 bits per heavy atom. The van der Waals surface area contributed by atoms with E-state index in [1.54, 1.807) is 0 Å². The molecule has 2 atom stereocenters. The summed E-state index contributed by atoms with van der Waals surface area (Å²) in [7, 11) is 0.250. The molecule has 0 spiro atoms. The molecule has 0 fully saturated rings. The topological polar surface area (TPSA) is 26.3 Å². The summed E-state index contributed by atoms with van der Waals surface area (Å²) in [4.78, 5) is 0. The van der Waals surface area contributed by atoms with Crippen molar-refractivity contribution >= 4 is 27.9 Å². The minimum absolute atomic E-state index is 0.464. The zero-order valence-electron chi connectivity index (χ0n) is 3.69. The normalized spacial score (nSPS) is 14.0. The monoisotopic (exact) mass is 160 g/mol. The van der Waals surface area contributed by atoms with Gasteiger partial charge in [-0.15, -0.1) is 9.24 Å². The van der Waals surface area contributed by atoms with Crippen LogP contribution in [0.25, 0.3) is 0 Å². The van der Waals surface area contributed by atoms with Crippen molar-refractivity contribution in [2.45, 2.75) is 0 Å². The van der Waals surface area contributed by atoms with Crippen LogP contribution in [0.2, 0.25) is 0 Å². The highest BCUT2D eigenvalue weighted by molar-refractivity contribution is 7.69. The second kappa shape index (κ2) is 5.05. The Balaban J connectivity index is 2.82. The lowest BCUT2D eigenvalue weighted by Crippen LogP contribution is -1.81. The van der Waals surface area contributed by atoms with Gasteiger partial charge in [0.2, 0.25) is 0 Å². The second-order valence-corrected chi connectivity index (χ2v) is 3.14. The number of hydrogen-bond donors (Lipinski definition) is 0. The van der Waals surface area contributed by atoms with Crippen LogP contribution in [0.5, 0.6) is 0 Å². The van der Waals surface area contributed by atoms with E-state index in [1.807, 2.05) is 0 Å². The van der Waals surface area contributed by atoms with Crippen molar-refractivity contribution in [2.24, 2.45) is 0 Å². The van der Waals surface area contributed by atoms with Crippen molar-refractivity contribution in [3.63, 3.8) is 0 Å². The van der Waals surface area contributed by atoms with Gasteiger partial charge in [-0.1, -0.05) is 0 Å². The van der Waals surface area contributed by atoms with E-state index >= 15 is 0 Å². The van der Waals surface area contributed by atoms with Crippen molar-refractivity contribution in [3.05, 3.63) is 0 Å². The Labute approximate surface area is 50.4 Å². The Bertz CT molecular complexity index is 66.7. The van der Waals surface area contributed by atoms with Crippen LogP contribution in [-0.2, 0) is 9.09 Å². The van der Waals surface area contributed by atoms with Gasteiger partial charge in [0, 0.05) is 0 Å². The molecule has 0 heterocycles. The third-order valence-electron chi connectivity index (χ3n) is 0.333. The Hall–Kier alpha value is 0.910. The zero-order chi connectivity index (χ0) is 5.70. The number of halogens is 1. The van der Waals surface area contributed by atoms with Crippen molar-refractivity contribution in [1.29, 1.82) is 0 Å². The summed E-state index contributed by atoms with van der Waals surface area (Å²) in [6.45, 7) is 0.464. The molecule has 0 saturated carbocycles. The molecule has 0 N–H and O–H groups in total. The summed E-state index contributed by atoms with van der Waals surface area (Å²) in [5, 5.41) is 0. The molecule has 7 heavy (non-hydrogen) atoms. The molecular weight excluding hydrogens is 153 g/mol. The van der Waals surface area contributed by atoms with E-state index in [2.05, 4.69) is 13.8 Å². The van der Waals surface area contributed by atoms with Crippen LogP contribution in [0.3, 0.4) is 0 Å². The molecule has 0 aromatic rings. The first-order chi connectivity index (χ1) is 3.27. The number of rotatable bonds is 3. The molecule has 0 aliphatic rings. The van der Waals surface area contributed by atoms with Crippen LogP contribution in [0.4, 0.5) is 0 Å². The standard InChI is InChI=1S/C2H7ClO2P2/c3-7(4)5-1-2-6/h7H,1-2,6H2. The van der Waals surface area contributed by atoms with Crippen LogP contribution >= 0.6 is 27.9 Å². The molecule has 2 unspecified atom stereocenters. The molecule has 0 rings (SSSR count). The average molecular weight is 160 g/mol. The molecule has 0 aliphatic carbocycles. The minimum Gasteiger partial charge on any atom is -0.319 e. The molecule has 0 bridgehead atoms. The van der Waals surface area contributed by atoms with Crippen LogP contribution < -0.4 is 0 Å². The molecule has 0 saturated heterocycles. The first-order valence-electron chi connectivity index (χ1n) is 1.79. The first-order valence-corrected chi connectivity index (χ1v) is 4.94. The van der Waals surface area contributed by atoms with Crippen LogP contribution in [0.15, 0.2) is 0 Å². The smallest absolute Gasteiger partial charge is 0.278 e. The van der Waals surface area contributed by atoms with E-state index in [-0.39, 0.29) is 0 Å². The van der Waals surface area contributed by atoms with Gasteiger partial charge in [0.05, 0.1) is 6.61 Å². The van der Waals surface area contributed by atoms with Gasteiger partial charge in [-0.3, -0.25) is 4.57 Å². The SMILES string of the molecule is O=[PH](Cl)OCCP. The van der Waals surface area contributed by atoms with E-state index in [9.17, 15) is 4.57 Å². The van der Waals surface area contributed by atoms with E-state index in [0.717, 1.165) is 6.16 Å². The van der Waals surface area contributed by atoms with Crippen LogP contribution in [0, 0.1) is 0 Å². The quantitative estimate of drug-likeness (QED) is 0.585. The van der Waals surface area contributed by atoms with Crippen LogP contribution in [-0.4, -0.2) is 12.8 Å². The van der Waals surface area contributed by atoms with Gasteiger partial charge in [0.15, 0.2) is 0 Å². The van der Waals surface area contributed by atoms with Gasteiger partial charge in [0.1, 0.15) is 0 Å². The Morgan fingerprint density at radius 3 is 2.57 bits per heavy atom. The summed E-state index contributed by atoms with van der Waals surface area (Å²) < 4.78 is 14.4. The van der Waals surface area contributed by atoms with Crippen molar-refractivity contribution in [1.82, 2.24) is 0 Å². The molecule has 0 radical (unpaired) electrons. The van der Waals surface area contributed by atoms with Gasteiger partial charge < -0.3 is 4.52 Å². The van der Waals surface area contributed by atoms with E-state index in [0.29, 0.717) is 6.61 Å². The maximum Gasteiger partial charge on any atom is 0.278 e. The maximum atomic E-state index is 9.92. The molecule has 5 heteroatoms. The van der Waals surface area contributed by atoms with E-state index < -0.39 is 7.38 Å². The summed E-state index contributed by atoms with van der Waals surface area (Å²) >= 11 is 4.97. The predicted octanol–water partition coefficient (Wildman–Crippen LogP) is 1.51. The van der Waals surface area contributed by atoms with Gasteiger partial charge in [0.25, 0.3) is 7.38 Å². The fourth-order valence-corrected chi connectivity index (χ4v) is 1.00. The van der Waals surface area contributed by atoms with E-state index in [1.165, 1.54) is 0 Å². The molecule has 0 aromatic carbocycles. The van der Waals surface area contributed by atoms with Gasteiger partial charge >= 0.3 is 0 Å². The molecule has 0 amide bonds. The fraction of sp³-hybridized carbons (Fsp3) is 1.00. The average Bonchev–Trinajstić information content (AvgIpc) is 1.61. The lowest BCUT2D eigenvalue weighted by atomic mass is 10.9. The third kappa shape index (κ3) is 6.91. The van der Waals surface area contributed by atoms with E-state index in [4.69, 9.17) is 11.2 Å². The molecular formula is C2H7ClO2P2. The highest BCUT2D eigenvalue weighted by atomic mass is 35.7. The number of hydrogen-bond acceptors (Lipinski definition) is 2. The van der Waals surface area contributed by atoms with Gasteiger partial charge in [-0.05, 0) is 17.4 Å². The first kappa shape index (κ1) is 7.91. The molecule has 0 aliphatic heterocycles. The molecule has 2 nitrogen and oxygen atoms in total. The molecule has 0 aromatic heterocycles. The molecule has 44 valence electrons. The lowest BCUT2D eigenvalue weighted by molar-refractivity contribution is 0.364. The summed E-state index contributed by atoms with van der Waals surface area (Å²) in [5.74, 6) is 0. The maximum absolute atomic E-state index is 9.92. The van der Waals surface area contributed by atoms with Crippen molar-refractivity contribution in [3.8, 4) is 0 Å². The predicted molar refractivity (Wildman–Crippen MR) is 35.4 cm³/mol. The highest BCUT2D eigenvalue weighted by Crippen LogP contribution is 2.26. The fourth-order valence-electron chi connectivity index (χ4n) is 0.139. The summed E-state index contributed by atoms with van der Waals surface area (Å²) in [6, 6.07) is 0. The second-order valence-electron chi connectivity index (χ2n) is 0.875. The van der Waals surface area contributed by atoms with Gasteiger partial charge in [-0.2, -0.15) is 0 Å².